The standard InChI is InChI=1S/C18H24N2O6/c1-13-18(11-21,12-22)14-5-2-3-6-15(14)20(13)8-4-7-19(9-16(23)24)10-17(25)26/h2-3,5-6,21-22H,4,7-12H2,1H3,(H-,23,24,25,26)/p+1. The van der Waals surface area contributed by atoms with Gasteiger partial charge in [-0.05, 0) is 0 Å². The van der Waals surface area contributed by atoms with Crippen molar-refractivity contribution in [1.29, 1.82) is 0 Å². The van der Waals surface area contributed by atoms with E-state index in [9.17, 15) is 19.8 Å². The Hall–Kier alpha value is -2.29. The van der Waals surface area contributed by atoms with Crippen LogP contribution < -0.4 is 0 Å². The maximum absolute atomic E-state index is 10.9. The molecule has 8 heteroatoms. The minimum absolute atomic E-state index is 0.215. The van der Waals surface area contributed by atoms with E-state index in [1.807, 2.05) is 35.8 Å². The molecule has 1 aliphatic rings. The van der Waals surface area contributed by atoms with E-state index >= 15 is 0 Å². The molecule has 0 bridgehead atoms. The number of fused-ring (bicyclic) bond motifs is 1. The van der Waals surface area contributed by atoms with Gasteiger partial charge in [-0.1, -0.05) is 18.2 Å². The SMILES string of the molecule is CC1=[N+](CCCN(CC(=O)O)CC(=O)O)c2ccccc2C1(CO)CO. The van der Waals surface area contributed by atoms with Crippen molar-refractivity contribution in [2.45, 2.75) is 18.8 Å². The molecule has 2 rings (SSSR count). The van der Waals surface area contributed by atoms with Crippen LogP contribution in [0.4, 0.5) is 5.69 Å². The fourth-order valence-electron chi connectivity index (χ4n) is 3.53. The molecular formula is C18H25N2O6+. The van der Waals surface area contributed by atoms with Gasteiger partial charge in [-0.25, -0.2) is 0 Å². The average Bonchev–Trinajstić information content (AvgIpc) is 2.82. The molecule has 0 saturated carbocycles. The number of nitrogens with zero attached hydrogens (tertiary/aromatic N) is 2. The van der Waals surface area contributed by atoms with Crippen LogP contribution in [0.2, 0.25) is 0 Å². The first kappa shape index (κ1) is 20.0. The van der Waals surface area contributed by atoms with Gasteiger partial charge in [0, 0.05) is 31.5 Å². The van der Waals surface area contributed by atoms with Gasteiger partial charge in [0.15, 0.2) is 5.71 Å². The quantitative estimate of drug-likeness (QED) is 0.427. The number of benzene rings is 1. The molecule has 0 radical (unpaired) electrons. The Kier molecular flexibility index (Phi) is 6.47. The molecule has 0 amide bonds. The zero-order valence-electron chi connectivity index (χ0n) is 14.8. The van der Waals surface area contributed by atoms with Gasteiger partial charge in [-0.2, -0.15) is 4.58 Å². The van der Waals surface area contributed by atoms with E-state index in [4.69, 9.17) is 10.2 Å². The van der Waals surface area contributed by atoms with Crippen molar-refractivity contribution in [1.82, 2.24) is 4.90 Å². The predicted octanol–water partition coefficient (Wildman–Crippen LogP) is -0.111. The van der Waals surface area contributed by atoms with Crippen molar-refractivity contribution >= 4 is 23.3 Å². The van der Waals surface area contributed by atoms with Crippen LogP contribution in [-0.4, -0.2) is 86.9 Å². The van der Waals surface area contributed by atoms with Crippen LogP contribution in [0.15, 0.2) is 24.3 Å². The molecule has 4 N–H and O–H groups in total. The Bertz CT molecular complexity index is 695. The molecule has 0 atom stereocenters. The number of carboxylic acid groups (broad SMARTS) is 2. The summed E-state index contributed by atoms with van der Waals surface area (Å²) < 4.78 is 2.00. The van der Waals surface area contributed by atoms with Crippen molar-refractivity contribution in [2.24, 2.45) is 0 Å². The van der Waals surface area contributed by atoms with Gasteiger partial charge in [-0.3, -0.25) is 14.5 Å². The highest BCUT2D eigenvalue weighted by Crippen LogP contribution is 2.39. The van der Waals surface area contributed by atoms with Crippen LogP contribution in [0.5, 0.6) is 0 Å². The minimum atomic E-state index is -1.07. The number of hydrogen-bond acceptors (Lipinski definition) is 5. The zero-order valence-corrected chi connectivity index (χ0v) is 14.8. The van der Waals surface area contributed by atoms with Gasteiger partial charge in [0.2, 0.25) is 5.69 Å². The summed E-state index contributed by atoms with van der Waals surface area (Å²) in [7, 11) is 0. The summed E-state index contributed by atoms with van der Waals surface area (Å²) >= 11 is 0. The van der Waals surface area contributed by atoms with E-state index in [1.165, 1.54) is 4.90 Å². The third kappa shape index (κ3) is 3.92. The highest BCUT2D eigenvalue weighted by atomic mass is 16.4. The molecule has 0 spiro atoms. The molecule has 0 fully saturated rings. The Morgan fingerprint density at radius 2 is 1.65 bits per heavy atom. The molecule has 0 saturated heterocycles. The monoisotopic (exact) mass is 365 g/mol. The second-order valence-corrected chi connectivity index (χ2v) is 6.50. The van der Waals surface area contributed by atoms with Gasteiger partial charge < -0.3 is 20.4 Å². The van der Waals surface area contributed by atoms with E-state index in [0.717, 1.165) is 17.0 Å². The topological polar surface area (TPSA) is 121 Å². The number of para-hydroxylation sites is 1. The van der Waals surface area contributed by atoms with Gasteiger partial charge in [0.05, 0.1) is 26.3 Å². The summed E-state index contributed by atoms with van der Waals surface area (Å²) in [4.78, 5) is 23.1. The second-order valence-electron chi connectivity index (χ2n) is 6.50. The van der Waals surface area contributed by atoms with E-state index in [0.29, 0.717) is 19.5 Å². The summed E-state index contributed by atoms with van der Waals surface area (Å²) in [6.45, 7) is 1.61. The van der Waals surface area contributed by atoms with Crippen LogP contribution in [-0.2, 0) is 15.0 Å². The van der Waals surface area contributed by atoms with Crippen molar-refractivity contribution in [3.63, 3.8) is 0 Å². The highest BCUT2D eigenvalue weighted by Gasteiger charge is 2.49. The highest BCUT2D eigenvalue weighted by molar-refractivity contribution is 5.94. The normalized spacial score (nSPS) is 15.4. The van der Waals surface area contributed by atoms with Crippen molar-refractivity contribution < 1.29 is 34.6 Å². The maximum atomic E-state index is 10.9. The summed E-state index contributed by atoms with van der Waals surface area (Å²) in [6, 6.07) is 7.53. The van der Waals surface area contributed by atoms with Gasteiger partial charge in [0.1, 0.15) is 12.0 Å². The first-order valence-electron chi connectivity index (χ1n) is 8.44. The molecule has 1 aromatic rings. The molecule has 1 heterocycles. The average molecular weight is 365 g/mol. The molecule has 0 unspecified atom stereocenters. The van der Waals surface area contributed by atoms with Gasteiger partial charge in [0.25, 0.3) is 0 Å². The summed E-state index contributed by atoms with van der Waals surface area (Å²) in [5, 5.41) is 37.6. The summed E-state index contributed by atoms with van der Waals surface area (Å²) in [5.74, 6) is -2.14. The molecule has 1 aromatic carbocycles. The fraction of sp³-hybridized carbons (Fsp3) is 0.500. The third-order valence-electron chi connectivity index (χ3n) is 4.92. The summed E-state index contributed by atoms with van der Waals surface area (Å²) in [6.07, 6.45) is 0.541. The molecule has 142 valence electrons. The lowest BCUT2D eigenvalue weighted by Crippen LogP contribution is -2.41. The third-order valence-corrected chi connectivity index (χ3v) is 4.92. The lowest BCUT2D eigenvalue weighted by atomic mass is 9.79. The number of rotatable bonds is 10. The number of aliphatic hydroxyl groups excluding tert-OH is 2. The first-order valence-corrected chi connectivity index (χ1v) is 8.44. The number of carboxylic acids is 2. The molecule has 1 aliphatic heterocycles. The largest absolute Gasteiger partial charge is 0.480 e. The second kappa shape index (κ2) is 8.39. The zero-order chi connectivity index (χ0) is 19.3. The van der Waals surface area contributed by atoms with Gasteiger partial charge >= 0.3 is 11.9 Å². The Morgan fingerprint density at radius 1 is 1.08 bits per heavy atom. The number of hydrogen-bond donors (Lipinski definition) is 4. The van der Waals surface area contributed by atoms with Crippen LogP contribution in [0, 0.1) is 0 Å². The Morgan fingerprint density at radius 3 is 2.19 bits per heavy atom. The molecule has 0 aromatic heterocycles. The number of aliphatic hydroxyl groups is 2. The smallest absolute Gasteiger partial charge is 0.317 e. The van der Waals surface area contributed by atoms with Crippen molar-refractivity contribution in [3.05, 3.63) is 29.8 Å². The summed E-state index contributed by atoms with van der Waals surface area (Å²) in [5.41, 5.74) is 1.75. The lowest BCUT2D eigenvalue weighted by Gasteiger charge is -2.21. The van der Waals surface area contributed by atoms with Crippen LogP contribution in [0.3, 0.4) is 0 Å². The van der Waals surface area contributed by atoms with Crippen LogP contribution in [0.1, 0.15) is 18.9 Å². The lowest BCUT2D eigenvalue weighted by molar-refractivity contribution is -0.440. The first-order chi connectivity index (χ1) is 12.4. The van der Waals surface area contributed by atoms with Crippen molar-refractivity contribution in [2.75, 3.05) is 39.4 Å². The van der Waals surface area contributed by atoms with E-state index in [2.05, 4.69) is 0 Å². The number of carbonyl (C=O) groups is 2. The Labute approximate surface area is 151 Å². The van der Waals surface area contributed by atoms with Crippen molar-refractivity contribution in [3.8, 4) is 0 Å². The minimum Gasteiger partial charge on any atom is -0.480 e. The number of aliphatic carboxylic acids is 2. The predicted molar refractivity (Wildman–Crippen MR) is 94.1 cm³/mol. The molecule has 8 nitrogen and oxygen atoms in total. The fourth-order valence-corrected chi connectivity index (χ4v) is 3.53. The maximum Gasteiger partial charge on any atom is 0.317 e. The van der Waals surface area contributed by atoms with E-state index in [1.54, 1.807) is 0 Å². The van der Waals surface area contributed by atoms with E-state index in [-0.39, 0.29) is 26.3 Å². The van der Waals surface area contributed by atoms with Crippen LogP contribution in [0.25, 0.3) is 0 Å². The Balaban J connectivity index is 2.16. The van der Waals surface area contributed by atoms with E-state index < -0.39 is 17.4 Å². The van der Waals surface area contributed by atoms with Crippen LogP contribution >= 0.6 is 0 Å². The molecular weight excluding hydrogens is 340 g/mol. The van der Waals surface area contributed by atoms with Gasteiger partial charge in [-0.15, -0.1) is 0 Å². The molecule has 26 heavy (non-hydrogen) atoms. The molecule has 0 aliphatic carbocycles.